The van der Waals surface area contributed by atoms with Crippen LogP contribution < -0.4 is 0 Å². The molecule has 0 rings (SSSR count). The molecule has 0 bridgehead atoms. The molecule has 2 N–H and O–H groups in total. The van der Waals surface area contributed by atoms with Crippen molar-refractivity contribution in [1.29, 1.82) is 0 Å². The molecule has 0 atom stereocenters. The Labute approximate surface area is 117 Å². The SMILES string of the molecule is CCC(C)(C)C(=O)O.CCC(C)(C)C(=O)O.[Zn]. The molecule has 4 nitrogen and oxygen atoms in total. The van der Waals surface area contributed by atoms with Gasteiger partial charge in [-0.2, -0.15) is 0 Å². The summed E-state index contributed by atoms with van der Waals surface area (Å²) in [7, 11) is 0. The predicted molar refractivity (Wildman–Crippen MR) is 63.4 cm³/mol. The van der Waals surface area contributed by atoms with Gasteiger partial charge in [-0.1, -0.05) is 13.8 Å². The van der Waals surface area contributed by atoms with E-state index in [2.05, 4.69) is 0 Å². The van der Waals surface area contributed by atoms with E-state index < -0.39 is 22.8 Å². The molecule has 0 spiro atoms. The van der Waals surface area contributed by atoms with Gasteiger partial charge < -0.3 is 10.2 Å². The molecule has 0 amide bonds. The summed E-state index contributed by atoms with van der Waals surface area (Å²) in [5.74, 6) is -1.44. The van der Waals surface area contributed by atoms with Crippen molar-refractivity contribution in [2.24, 2.45) is 10.8 Å². The molecule has 0 aliphatic heterocycles. The van der Waals surface area contributed by atoms with Crippen LogP contribution in [-0.2, 0) is 29.1 Å². The monoisotopic (exact) mass is 296 g/mol. The quantitative estimate of drug-likeness (QED) is 0.782. The third kappa shape index (κ3) is 9.28. The Morgan fingerprint density at radius 1 is 0.824 bits per heavy atom. The molecular formula is C12H24O4Zn. The number of aliphatic carboxylic acids is 2. The Kier molecular flexibility index (Phi) is 11.1. The number of hydrogen-bond donors (Lipinski definition) is 2. The van der Waals surface area contributed by atoms with Crippen LogP contribution in [0.2, 0.25) is 0 Å². The van der Waals surface area contributed by atoms with Gasteiger partial charge in [-0.05, 0) is 40.5 Å². The zero-order valence-electron chi connectivity index (χ0n) is 11.8. The van der Waals surface area contributed by atoms with Crippen molar-refractivity contribution in [1.82, 2.24) is 0 Å². The summed E-state index contributed by atoms with van der Waals surface area (Å²) < 4.78 is 0. The minimum absolute atomic E-state index is 0. The summed E-state index contributed by atoms with van der Waals surface area (Å²) >= 11 is 0. The van der Waals surface area contributed by atoms with E-state index in [-0.39, 0.29) is 19.5 Å². The second kappa shape index (κ2) is 8.62. The number of rotatable bonds is 4. The zero-order chi connectivity index (χ0) is 13.6. The first-order valence-electron chi connectivity index (χ1n) is 5.48. The number of carbonyl (C=O) groups is 2. The molecule has 0 unspecified atom stereocenters. The van der Waals surface area contributed by atoms with Gasteiger partial charge in [-0.3, -0.25) is 9.59 Å². The van der Waals surface area contributed by atoms with Crippen LogP contribution in [0.25, 0.3) is 0 Å². The number of carboxylic acids is 2. The molecule has 5 heteroatoms. The predicted octanol–water partition coefficient (Wildman–Crippen LogP) is 3.01. The van der Waals surface area contributed by atoms with Gasteiger partial charge in [0.1, 0.15) is 0 Å². The smallest absolute Gasteiger partial charge is 0.309 e. The maximum Gasteiger partial charge on any atom is 0.309 e. The maximum atomic E-state index is 10.3. The van der Waals surface area contributed by atoms with E-state index in [0.29, 0.717) is 12.8 Å². The third-order valence-corrected chi connectivity index (χ3v) is 2.93. The first-order chi connectivity index (χ1) is 7.01. The summed E-state index contributed by atoms with van der Waals surface area (Å²) in [6.45, 7) is 10.6. The van der Waals surface area contributed by atoms with Crippen LogP contribution in [0.15, 0.2) is 0 Å². The largest absolute Gasteiger partial charge is 0.481 e. The molecule has 0 heterocycles. The van der Waals surface area contributed by atoms with E-state index in [4.69, 9.17) is 10.2 Å². The molecule has 0 aromatic rings. The summed E-state index contributed by atoms with van der Waals surface area (Å²) in [4.78, 5) is 20.5. The second-order valence-corrected chi connectivity index (χ2v) is 5.09. The van der Waals surface area contributed by atoms with E-state index in [1.54, 1.807) is 27.7 Å². The zero-order valence-corrected chi connectivity index (χ0v) is 14.8. The first-order valence-corrected chi connectivity index (χ1v) is 5.48. The van der Waals surface area contributed by atoms with Gasteiger partial charge in [0, 0.05) is 19.5 Å². The van der Waals surface area contributed by atoms with Gasteiger partial charge in [-0.15, -0.1) is 0 Å². The molecule has 0 saturated heterocycles. The van der Waals surface area contributed by atoms with E-state index in [9.17, 15) is 9.59 Å². The molecule has 0 aromatic heterocycles. The van der Waals surface area contributed by atoms with Crippen molar-refractivity contribution < 1.29 is 39.3 Å². The van der Waals surface area contributed by atoms with Gasteiger partial charge in [0.2, 0.25) is 0 Å². The van der Waals surface area contributed by atoms with Crippen LogP contribution >= 0.6 is 0 Å². The van der Waals surface area contributed by atoms with Crippen LogP contribution in [0.3, 0.4) is 0 Å². The summed E-state index contributed by atoms with van der Waals surface area (Å²) in [6.07, 6.45) is 1.37. The average molecular weight is 298 g/mol. The molecule has 0 saturated carbocycles. The van der Waals surface area contributed by atoms with Gasteiger partial charge in [0.15, 0.2) is 0 Å². The number of carboxylic acid groups (broad SMARTS) is 2. The van der Waals surface area contributed by atoms with Crippen LogP contribution in [0.5, 0.6) is 0 Å². The average Bonchev–Trinajstić information content (AvgIpc) is 2.18. The van der Waals surface area contributed by atoms with E-state index in [0.717, 1.165) is 0 Å². The van der Waals surface area contributed by atoms with Crippen LogP contribution in [-0.4, -0.2) is 22.2 Å². The fraction of sp³-hybridized carbons (Fsp3) is 0.833. The Morgan fingerprint density at radius 2 is 1.00 bits per heavy atom. The fourth-order valence-corrected chi connectivity index (χ4v) is 0.302. The standard InChI is InChI=1S/2C6H12O2.Zn/c2*1-4-6(2,3)5(7)8;/h2*4H2,1-3H3,(H,7,8);. The minimum Gasteiger partial charge on any atom is -0.481 e. The van der Waals surface area contributed by atoms with E-state index in [1.807, 2.05) is 13.8 Å². The molecule has 0 radical (unpaired) electrons. The second-order valence-electron chi connectivity index (χ2n) is 5.09. The van der Waals surface area contributed by atoms with Gasteiger partial charge in [0.25, 0.3) is 0 Å². The Hall–Kier alpha value is -0.437. The number of hydrogen-bond acceptors (Lipinski definition) is 2. The molecule has 0 aliphatic rings. The summed E-state index contributed by atoms with van der Waals surface area (Å²) in [5.41, 5.74) is -1.08. The molecule has 0 aliphatic carbocycles. The third-order valence-electron chi connectivity index (χ3n) is 2.93. The normalized spacial score (nSPS) is 10.7. The van der Waals surface area contributed by atoms with Crippen molar-refractivity contribution in [2.45, 2.75) is 54.4 Å². The maximum absolute atomic E-state index is 10.3. The van der Waals surface area contributed by atoms with E-state index >= 15 is 0 Å². The Bertz CT molecular complexity index is 221. The fourth-order valence-electron chi connectivity index (χ4n) is 0.302. The first kappa shape index (κ1) is 21.8. The Balaban J connectivity index is -0.000000218. The van der Waals surface area contributed by atoms with Crippen molar-refractivity contribution in [2.75, 3.05) is 0 Å². The van der Waals surface area contributed by atoms with Crippen LogP contribution in [0.1, 0.15) is 54.4 Å². The van der Waals surface area contributed by atoms with E-state index in [1.165, 1.54) is 0 Å². The van der Waals surface area contributed by atoms with Crippen LogP contribution in [0.4, 0.5) is 0 Å². The van der Waals surface area contributed by atoms with Crippen molar-refractivity contribution in [3.05, 3.63) is 0 Å². The molecule has 0 fully saturated rings. The van der Waals surface area contributed by atoms with Gasteiger partial charge in [-0.25, -0.2) is 0 Å². The molecule has 0 aromatic carbocycles. The summed E-state index contributed by atoms with van der Waals surface area (Å²) in [6, 6.07) is 0. The molecule has 17 heavy (non-hydrogen) atoms. The van der Waals surface area contributed by atoms with Crippen LogP contribution in [0, 0.1) is 10.8 Å². The topological polar surface area (TPSA) is 74.6 Å². The van der Waals surface area contributed by atoms with Crippen molar-refractivity contribution >= 4 is 11.9 Å². The molecule has 98 valence electrons. The Morgan fingerprint density at radius 3 is 1.00 bits per heavy atom. The van der Waals surface area contributed by atoms with Gasteiger partial charge >= 0.3 is 11.9 Å². The summed E-state index contributed by atoms with van der Waals surface area (Å²) in [5, 5.41) is 16.9. The van der Waals surface area contributed by atoms with Crippen molar-refractivity contribution in [3.63, 3.8) is 0 Å². The molecular weight excluding hydrogens is 274 g/mol. The minimum atomic E-state index is -0.722. The van der Waals surface area contributed by atoms with Crippen molar-refractivity contribution in [3.8, 4) is 0 Å². The van der Waals surface area contributed by atoms with Gasteiger partial charge in [0.05, 0.1) is 10.8 Å².